The molecule has 2 unspecified atom stereocenters. The fourth-order valence-electron chi connectivity index (χ4n) is 2.21. The first-order valence-corrected chi connectivity index (χ1v) is 15.7. The molecule has 0 heterocycles. The van der Waals surface area contributed by atoms with E-state index in [0.717, 1.165) is 0 Å². The first-order chi connectivity index (χ1) is 12.3. The Morgan fingerprint density at radius 2 is 0.923 bits per heavy atom. The van der Waals surface area contributed by atoms with E-state index >= 15 is 0 Å². The molecule has 0 amide bonds. The molecule has 0 bridgehead atoms. The number of rotatable bonds is 16. The minimum absolute atomic E-state index is 0.260. The first kappa shape index (κ1) is 26.8. The van der Waals surface area contributed by atoms with E-state index in [0.29, 0.717) is 12.8 Å². The molecule has 0 spiro atoms. The second kappa shape index (κ2) is 13.9. The molecule has 158 valence electrons. The molecule has 0 aromatic carbocycles. The maximum absolute atomic E-state index is 12.9. The van der Waals surface area contributed by atoms with E-state index in [1.54, 1.807) is 33.4 Å². The molecule has 0 aromatic rings. The van der Waals surface area contributed by atoms with Crippen molar-refractivity contribution in [2.75, 3.05) is 26.4 Å². The summed E-state index contributed by atoms with van der Waals surface area (Å²) in [6, 6.07) is 0. The molecule has 0 radical (unpaired) electrons. The van der Waals surface area contributed by atoms with Gasteiger partial charge in [-0.3, -0.25) is 0 Å². The summed E-state index contributed by atoms with van der Waals surface area (Å²) < 4.78 is 59.2. The molecule has 0 aliphatic heterocycles. The van der Waals surface area contributed by atoms with Gasteiger partial charge >= 0.3 is 163 Å². The molecule has 0 aromatic heterocycles. The third-order valence-electron chi connectivity index (χ3n) is 3.18. The van der Waals surface area contributed by atoms with Crippen LogP contribution in [0, 0.1) is 0 Å². The van der Waals surface area contributed by atoms with Crippen molar-refractivity contribution in [3.8, 4) is 0 Å². The summed E-state index contributed by atoms with van der Waals surface area (Å²) in [6.45, 7) is 11.8. The van der Waals surface area contributed by atoms with E-state index in [1.165, 1.54) is 0 Å². The average Bonchev–Trinajstić information content (AvgIpc) is 2.58. The predicted octanol–water partition coefficient (Wildman–Crippen LogP) is 5.14. The normalized spacial score (nSPS) is 16.4. The molecular weight excluding hydrogens is 445 g/mol. The van der Waals surface area contributed by atoms with Crippen LogP contribution >= 0.6 is 15.2 Å². The van der Waals surface area contributed by atoms with E-state index in [-0.39, 0.29) is 26.4 Å². The van der Waals surface area contributed by atoms with Crippen LogP contribution in [0.5, 0.6) is 0 Å². The predicted molar refractivity (Wildman–Crippen MR) is 104 cm³/mol. The van der Waals surface area contributed by atoms with Crippen LogP contribution in [0.3, 0.4) is 0 Å². The molecular formula is C15H35AsO8P2. The van der Waals surface area contributed by atoms with Crippen LogP contribution in [-0.4, -0.2) is 53.5 Å². The van der Waals surface area contributed by atoms with Crippen molar-refractivity contribution in [3.63, 3.8) is 0 Å². The molecule has 0 fully saturated rings. The quantitative estimate of drug-likeness (QED) is 0.222. The summed E-state index contributed by atoms with van der Waals surface area (Å²) in [7, 11) is -6.80. The van der Waals surface area contributed by atoms with Crippen molar-refractivity contribution in [2.45, 2.75) is 71.8 Å². The van der Waals surface area contributed by atoms with Crippen LogP contribution in [0.4, 0.5) is 0 Å². The van der Waals surface area contributed by atoms with Crippen molar-refractivity contribution >= 4 is 30.5 Å². The zero-order valence-corrected chi connectivity index (χ0v) is 20.7. The van der Waals surface area contributed by atoms with E-state index in [4.69, 9.17) is 25.5 Å². The second-order valence-corrected chi connectivity index (χ2v) is 12.2. The second-order valence-electron chi connectivity index (χ2n) is 5.13. The van der Waals surface area contributed by atoms with Crippen molar-refractivity contribution in [3.05, 3.63) is 0 Å². The fourth-order valence-corrected chi connectivity index (χ4v) is 10.6. The van der Waals surface area contributed by atoms with Crippen LogP contribution in [0.25, 0.3) is 0 Å². The molecule has 0 saturated heterocycles. The molecule has 11 heteroatoms. The molecule has 0 rings (SSSR count). The Morgan fingerprint density at radius 1 is 0.654 bits per heavy atom. The monoisotopic (exact) mass is 480 g/mol. The Bertz CT molecular complexity index is 405. The van der Waals surface area contributed by atoms with Crippen molar-refractivity contribution in [1.82, 2.24) is 0 Å². The van der Waals surface area contributed by atoms with Crippen molar-refractivity contribution in [2.24, 2.45) is 0 Å². The number of hydrogen-bond donors (Lipinski definition) is 0. The summed E-state index contributed by atoms with van der Waals surface area (Å²) in [5.74, 6) is -1.44. The van der Waals surface area contributed by atoms with E-state index in [1.807, 2.05) is 13.8 Å². The van der Waals surface area contributed by atoms with Gasteiger partial charge in [0, 0.05) is 0 Å². The standard InChI is InChI=1S/C15H35AsO8P2/c1-8-14(25(17,19-10-3)20-11-4)23-16(7)24-15(9-2)26(18,21-12-5)22-13-6/h14-15H,8-13H2,1-7H3. The summed E-state index contributed by atoms with van der Waals surface area (Å²) >= 11 is -2.39. The Balaban J connectivity index is 5.17. The van der Waals surface area contributed by atoms with Gasteiger partial charge in [0.25, 0.3) is 0 Å². The third kappa shape index (κ3) is 8.43. The van der Waals surface area contributed by atoms with Gasteiger partial charge in [-0.25, -0.2) is 0 Å². The van der Waals surface area contributed by atoms with Crippen LogP contribution < -0.4 is 0 Å². The third-order valence-corrected chi connectivity index (χ3v) is 11.0. The zero-order valence-electron chi connectivity index (χ0n) is 17.0. The maximum atomic E-state index is 12.9. The molecule has 2 atom stereocenters. The van der Waals surface area contributed by atoms with Gasteiger partial charge in [-0.1, -0.05) is 0 Å². The zero-order chi connectivity index (χ0) is 20.2. The van der Waals surface area contributed by atoms with Crippen molar-refractivity contribution < 1.29 is 34.7 Å². The average molecular weight is 480 g/mol. The molecule has 0 aliphatic rings. The van der Waals surface area contributed by atoms with Gasteiger partial charge in [-0.05, 0) is 0 Å². The van der Waals surface area contributed by atoms with Gasteiger partial charge in [0.2, 0.25) is 0 Å². The number of hydrogen-bond acceptors (Lipinski definition) is 8. The van der Waals surface area contributed by atoms with Crippen LogP contribution in [0.2, 0.25) is 5.71 Å². The van der Waals surface area contributed by atoms with Gasteiger partial charge < -0.3 is 0 Å². The summed E-state index contributed by atoms with van der Waals surface area (Å²) in [5.41, 5.74) is 1.79. The van der Waals surface area contributed by atoms with Crippen LogP contribution in [0.15, 0.2) is 0 Å². The first-order valence-electron chi connectivity index (χ1n) is 9.11. The molecule has 8 nitrogen and oxygen atoms in total. The van der Waals surface area contributed by atoms with Crippen LogP contribution in [-0.2, 0) is 34.7 Å². The molecule has 0 N–H and O–H groups in total. The van der Waals surface area contributed by atoms with Gasteiger partial charge in [0.15, 0.2) is 0 Å². The van der Waals surface area contributed by atoms with Gasteiger partial charge in [0.1, 0.15) is 0 Å². The van der Waals surface area contributed by atoms with Gasteiger partial charge in [-0.2, -0.15) is 0 Å². The van der Waals surface area contributed by atoms with E-state index < -0.39 is 42.2 Å². The molecule has 0 saturated carbocycles. The summed E-state index contributed by atoms with van der Waals surface area (Å²) in [4.78, 5) is 0. The molecule has 26 heavy (non-hydrogen) atoms. The van der Waals surface area contributed by atoms with Gasteiger partial charge in [0.05, 0.1) is 0 Å². The van der Waals surface area contributed by atoms with E-state index in [9.17, 15) is 9.13 Å². The van der Waals surface area contributed by atoms with Gasteiger partial charge in [-0.15, -0.1) is 0 Å². The Labute approximate surface area is 163 Å². The van der Waals surface area contributed by atoms with E-state index in [2.05, 4.69) is 0 Å². The SMILES string of the molecule is CCOP(=O)(OCC)C(CC)O[As](C)OC(CC)P(=O)(OCC)OCC. The summed E-state index contributed by atoms with van der Waals surface area (Å²) in [6.07, 6.45) is 0.899. The van der Waals surface area contributed by atoms with Crippen LogP contribution in [0.1, 0.15) is 54.4 Å². The minimum atomic E-state index is -3.40. The Morgan fingerprint density at radius 3 is 1.12 bits per heavy atom. The van der Waals surface area contributed by atoms with Crippen molar-refractivity contribution in [1.29, 1.82) is 0 Å². The molecule has 0 aliphatic carbocycles. The Hall–Kier alpha value is 0.778. The Kier molecular flexibility index (Phi) is 14.3. The fraction of sp³-hybridized carbons (Fsp3) is 1.00. The summed E-state index contributed by atoms with van der Waals surface area (Å²) in [5, 5.41) is 0. The topological polar surface area (TPSA) is 89.5 Å².